The number of fused-ring (bicyclic) bond motifs is 2. The quantitative estimate of drug-likeness (QED) is 0.441. The molecule has 9 nitrogen and oxygen atoms in total. The Bertz CT molecular complexity index is 1350. The van der Waals surface area contributed by atoms with E-state index in [9.17, 15) is 4.79 Å². The van der Waals surface area contributed by atoms with Crippen LogP contribution in [0.4, 0.5) is 5.69 Å². The molecule has 0 unspecified atom stereocenters. The highest BCUT2D eigenvalue weighted by Crippen LogP contribution is 2.25. The molecule has 0 saturated carbocycles. The molecule has 4 aromatic rings. The molecule has 1 aliphatic heterocycles. The van der Waals surface area contributed by atoms with Gasteiger partial charge in [0.25, 0.3) is 0 Å². The first-order valence-corrected chi connectivity index (χ1v) is 12.2. The normalized spacial score (nSPS) is 16.6. The zero-order valence-corrected chi connectivity index (χ0v) is 19.6. The first kappa shape index (κ1) is 21.9. The van der Waals surface area contributed by atoms with Crippen LogP contribution in [0.2, 0.25) is 0 Å². The summed E-state index contributed by atoms with van der Waals surface area (Å²) in [6.45, 7) is 5.39. The van der Waals surface area contributed by atoms with Crippen LogP contribution < -0.4 is 10.7 Å². The van der Waals surface area contributed by atoms with E-state index in [4.69, 9.17) is 9.72 Å². The van der Waals surface area contributed by atoms with Gasteiger partial charge >= 0.3 is 0 Å². The Morgan fingerprint density at radius 2 is 1.89 bits per heavy atom. The third-order valence-corrected chi connectivity index (χ3v) is 6.97. The fraction of sp³-hybridized carbons (Fsp3) is 0.385. The monoisotopic (exact) mass is 471 g/mol. The number of ether oxygens (including phenoxy) is 1. The van der Waals surface area contributed by atoms with E-state index in [1.54, 1.807) is 17.1 Å². The van der Waals surface area contributed by atoms with E-state index in [1.807, 2.05) is 18.5 Å². The molecule has 35 heavy (non-hydrogen) atoms. The first-order valence-electron chi connectivity index (χ1n) is 12.2. The maximum atomic E-state index is 13.5. The maximum absolute atomic E-state index is 13.5. The van der Waals surface area contributed by atoms with Crippen LogP contribution in [0.1, 0.15) is 16.7 Å². The lowest BCUT2D eigenvalue weighted by atomic mass is 10.1. The van der Waals surface area contributed by atoms with Gasteiger partial charge in [-0.2, -0.15) is 0 Å². The third-order valence-electron chi connectivity index (χ3n) is 6.97. The van der Waals surface area contributed by atoms with Gasteiger partial charge in [-0.1, -0.05) is 29.5 Å². The third kappa shape index (κ3) is 4.69. The second-order valence-corrected chi connectivity index (χ2v) is 9.34. The van der Waals surface area contributed by atoms with Gasteiger partial charge in [-0.3, -0.25) is 9.69 Å². The summed E-state index contributed by atoms with van der Waals surface area (Å²) in [7, 11) is 0. The number of hydrogen-bond donors (Lipinski definition) is 1. The predicted molar refractivity (Wildman–Crippen MR) is 134 cm³/mol. The molecular formula is C26H29N7O2. The minimum atomic E-state index is -0.0102. The van der Waals surface area contributed by atoms with Crippen LogP contribution in [-0.2, 0) is 30.7 Å². The summed E-state index contributed by atoms with van der Waals surface area (Å²) in [5, 5.41) is 12.2. The van der Waals surface area contributed by atoms with E-state index in [-0.39, 0.29) is 5.43 Å². The van der Waals surface area contributed by atoms with Gasteiger partial charge < -0.3 is 14.6 Å². The second-order valence-electron chi connectivity index (χ2n) is 9.34. The summed E-state index contributed by atoms with van der Waals surface area (Å²) in [5.74, 6) is 0. The van der Waals surface area contributed by atoms with Crippen LogP contribution >= 0.6 is 0 Å². The Kier molecular flexibility index (Phi) is 6.01. The van der Waals surface area contributed by atoms with Crippen molar-refractivity contribution in [1.29, 1.82) is 0 Å². The molecule has 0 radical (unpaired) electrons. The van der Waals surface area contributed by atoms with Crippen molar-refractivity contribution in [3.05, 3.63) is 82.0 Å². The zero-order valence-electron chi connectivity index (χ0n) is 19.6. The molecule has 2 aliphatic rings. The lowest BCUT2D eigenvalue weighted by Crippen LogP contribution is -2.38. The lowest BCUT2D eigenvalue weighted by molar-refractivity contribution is 0.0365. The summed E-state index contributed by atoms with van der Waals surface area (Å²) in [5.41, 5.74) is 5.04. The van der Waals surface area contributed by atoms with Crippen LogP contribution in [-0.4, -0.2) is 68.3 Å². The SMILES string of the molecule is O=c1c(Cn2ccnn2)cn(CCN2CCOCC2)c2ncc(NC3Cc4ccccc4C3)cc12. The number of nitrogens with zero attached hydrogens (tertiary/aromatic N) is 6. The summed E-state index contributed by atoms with van der Waals surface area (Å²) in [4.78, 5) is 20.7. The Hall–Kier alpha value is -3.56. The van der Waals surface area contributed by atoms with Crippen molar-refractivity contribution >= 4 is 16.7 Å². The van der Waals surface area contributed by atoms with Crippen LogP contribution in [0.3, 0.4) is 0 Å². The Morgan fingerprint density at radius 3 is 2.63 bits per heavy atom. The highest BCUT2D eigenvalue weighted by molar-refractivity contribution is 5.79. The molecule has 0 amide bonds. The smallest absolute Gasteiger partial charge is 0.196 e. The first-order chi connectivity index (χ1) is 17.2. The van der Waals surface area contributed by atoms with Crippen molar-refractivity contribution in [2.75, 3.05) is 38.2 Å². The molecule has 1 saturated heterocycles. The van der Waals surface area contributed by atoms with Gasteiger partial charge in [-0.15, -0.1) is 5.10 Å². The number of rotatable bonds is 7. The minimum absolute atomic E-state index is 0.0102. The lowest BCUT2D eigenvalue weighted by Gasteiger charge is -2.27. The Morgan fingerprint density at radius 1 is 1.09 bits per heavy atom. The van der Waals surface area contributed by atoms with E-state index in [0.717, 1.165) is 57.9 Å². The van der Waals surface area contributed by atoms with E-state index in [1.165, 1.54) is 11.1 Å². The van der Waals surface area contributed by atoms with Crippen molar-refractivity contribution in [2.24, 2.45) is 0 Å². The Balaban J connectivity index is 1.30. The minimum Gasteiger partial charge on any atom is -0.380 e. The molecule has 1 N–H and O–H groups in total. The second kappa shape index (κ2) is 9.59. The van der Waals surface area contributed by atoms with Gasteiger partial charge in [0.05, 0.1) is 43.2 Å². The van der Waals surface area contributed by atoms with Crippen molar-refractivity contribution < 1.29 is 4.74 Å². The van der Waals surface area contributed by atoms with Crippen molar-refractivity contribution in [3.63, 3.8) is 0 Å². The number of pyridine rings is 2. The molecular weight excluding hydrogens is 442 g/mol. The zero-order chi connectivity index (χ0) is 23.6. The van der Waals surface area contributed by atoms with Crippen LogP contribution in [0.5, 0.6) is 0 Å². The average molecular weight is 472 g/mol. The molecule has 4 heterocycles. The molecule has 0 bridgehead atoms. The molecule has 6 rings (SSSR count). The van der Waals surface area contributed by atoms with Gasteiger partial charge in [-0.05, 0) is 30.0 Å². The van der Waals surface area contributed by atoms with Crippen LogP contribution in [0.25, 0.3) is 11.0 Å². The average Bonchev–Trinajstić information content (AvgIpc) is 3.55. The number of benzene rings is 1. The van der Waals surface area contributed by atoms with E-state index < -0.39 is 0 Å². The van der Waals surface area contributed by atoms with Gasteiger partial charge in [0.2, 0.25) is 0 Å². The van der Waals surface area contributed by atoms with Gasteiger partial charge in [0.1, 0.15) is 5.65 Å². The van der Waals surface area contributed by atoms with Crippen molar-refractivity contribution in [2.45, 2.75) is 32.0 Å². The maximum Gasteiger partial charge on any atom is 0.196 e. The molecule has 1 fully saturated rings. The fourth-order valence-electron chi connectivity index (χ4n) is 5.16. The summed E-state index contributed by atoms with van der Waals surface area (Å²) in [6.07, 6.45) is 9.14. The fourth-order valence-corrected chi connectivity index (χ4v) is 5.16. The number of hydrogen-bond acceptors (Lipinski definition) is 7. The topological polar surface area (TPSA) is 90.1 Å². The molecule has 3 aromatic heterocycles. The van der Waals surface area contributed by atoms with Crippen LogP contribution in [0.15, 0.2) is 59.9 Å². The predicted octanol–water partition coefficient (Wildman–Crippen LogP) is 1.95. The van der Waals surface area contributed by atoms with E-state index >= 15 is 0 Å². The summed E-state index contributed by atoms with van der Waals surface area (Å²) >= 11 is 0. The summed E-state index contributed by atoms with van der Waals surface area (Å²) < 4.78 is 9.26. The highest BCUT2D eigenvalue weighted by atomic mass is 16.5. The van der Waals surface area contributed by atoms with E-state index in [0.29, 0.717) is 29.2 Å². The van der Waals surface area contributed by atoms with Crippen molar-refractivity contribution in [3.8, 4) is 0 Å². The number of anilines is 1. The molecule has 180 valence electrons. The standard InChI is InChI=1S/C26H29N7O2/c34-25-21(18-33-6-5-28-30-33)17-32(8-7-31-9-11-35-12-10-31)26-24(25)15-23(16-27-26)29-22-13-19-3-1-2-4-20(19)14-22/h1-6,15-17,22,29H,7-14,18H2. The van der Waals surface area contributed by atoms with Gasteiger partial charge in [0, 0.05) is 50.2 Å². The molecule has 0 atom stereocenters. The van der Waals surface area contributed by atoms with E-state index in [2.05, 4.69) is 49.4 Å². The number of aromatic nitrogens is 5. The molecule has 9 heteroatoms. The molecule has 1 aromatic carbocycles. The molecule has 1 aliphatic carbocycles. The highest BCUT2D eigenvalue weighted by Gasteiger charge is 2.21. The Labute approximate surface area is 203 Å². The largest absolute Gasteiger partial charge is 0.380 e. The number of nitrogens with one attached hydrogen (secondary N) is 1. The number of morpholine rings is 1. The van der Waals surface area contributed by atoms with Crippen molar-refractivity contribution in [1.82, 2.24) is 29.4 Å². The van der Waals surface area contributed by atoms with Gasteiger partial charge in [0.15, 0.2) is 5.43 Å². The van der Waals surface area contributed by atoms with Crippen LogP contribution in [0, 0.1) is 0 Å². The summed E-state index contributed by atoms with van der Waals surface area (Å²) in [6, 6.07) is 10.8. The molecule has 0 spiro atoms. The van der Waals surface area contributed by atoms with Gasteiger partial charge in [-0.25, -0.2) is 9.67 Å².